The molecule has 0 bridgehead atoms. The first-order chi connectivity index (χ1) is 12.2. The van der Waals surface area contributed by atoms with E-state index in [4.69, 9.17) is 5.84 Å². The second-order valence-electron chi connectivity index (χ2n) is 6.22. The zero-order valence-corrected chi connectivity index (χ0v) is 15.7. The third-order valence-electron chi connectivity index (χ3n) is 3.54. The fourth-order valence-corrected chi connectivity index (χ4v) is 3.23. The molecular formula is C19H23N3O3S. The highest BCUT2D eigenvalue weighted by Crippen LogP contribution is 2.11. The summed E-state index contributed by atoms with van der Waals surface area (Å²) in [7, 11) is -4.16. The summed E-state index contributed by atoms with van der Waals surface area (Å²) in [6.07, 6.45) is 5.63. The van der Waals surface area contributed by atoms with Crippen molar-refractivity contribution in [1.82, 2.24) is 4.68 Å². The smallest absolute Gasteiger partial charge is 0.267 e. The zero-order chi connectivity index (χ0) is 19.2. The molecule has 0 saturated carbocycles. The maximum absolute atomic E-state index is 10.5. The SMILES string of the molecule is Cc1cc(C)cc(CS(=O)(=O)[O-])c1.Nn1cc[n+](Cc2ccccc2)c1. The van der Waals surface area contributed by atoms with Crippen LogP contribution in [0.1, 0.15) is 22.3 Å². The first-order valence-electron chi connectivity index (χ1n) is 8.08. The molecule has 138 valence electrons. The Hall–Kier alpha value is -2.64. The summed E-state index contributed by atoms with van der Waals surface area (Å²) >= 11 is 0. The van der Waals surface area contributed by atoms with E-state index in [0.717, 1.165) is 17.7 Å². The van der Waals surface area contributed by atoms with Crippen LogP contribution in [-0.2, 0) is 22.4 Å². The average molecular weight is 373 g/mol. The topological polar surface area (TPSA) is 92.0 Å². The van der Waals surface area contributed by atoms with Crippen LogP contribution < -0.4 is 10.4 Å². The van der Waals surface area contributed by atoms with Crippen molar-refractivity contribution >= 4 is 10.1 Å². The molecule has 0 saturated heterocycles. The van der Waals surface area contributed by atoms with Gasteiger partial charge in [0.2, 0.25) is 0 Å². The Morgan fingerprint density at radius 2 is 1.65 bits per heavy atom. The number of aromatic nitrogens is 2. The van der Waals surface area contributed by atoms with Gasteiger partial charge < -0.3 is 4.55 Å². The monoisotopic (exact) mass is 373 g/mol. The molecule has 7 heteroatoms. The van der Waals surface area contributed by atoms with Gasteiger partial charge >= 0.3 is 0 Å². The van der Waals surface area contributed by atoms with E-state index in [1.165, 1.54) is 5.56 Å². The molecule has 6 nitrogen and oxygen atoms in total. The van der Waals surface area contributed by atoms with Crippen molar-refractivity contribution in [3.63, 3.8) is 0 Å². The largest absolute Gasteiger partial charge is 0.748 e. The van der Waals surface area contributed by atoms with Gasteiger partial charge in [0.1, 0.15) is 12.7 Å². The number of nitrogen functional groups attached to an aromatic ring is 1. The molecule has 3 rings (SSSR count). The zero-order valence-electron chi connectivity index (χ0n) is 14.9. The normalized spacial score (nSPS) is 10.9. The van der Waals surface area contributed by atoms with Crippen LogP contribution in [0.4, 0.5) is 0 Å². The van der Waals surface area contributed by atoms with Gasteiger partial charge in [-0.05, 0) is 25.0 Å². The summed E-state index contributed by atoms with van der Waals surface area (Å²) in [5.41, 5.74) is 3.78. The molecule has 1 heterocycles. The molecular weight excluding hydrogens is 350 g/mol. The number of rotatable bonds is 4. The molecule has 0 aliphatic rings. The maximum atomic E-state index is 10.5. The van der Waals surface area contributed by atoms with Gasteiger partial charge in [0.15, 0.2) is 6.20 Å². The van der Waals surface area contributed by atoms with Crippen LogP contribution in [0.15, 0.2) is 67.3 Å². The lowest BCUT2D eigenvalue weighted by Gasteiger charge is -2.08. The molecule has 0 amide bonds. The Morgan fingerprint density at radius 1 is 1.04 bits per heavy atom. The minimum absolute atomic E-state index is 0.421. The summed E-state index contributed by atoms with van der Waals surface area (Å²) in [4.78, 5) is 0. The standard InChI is InChI=1S/C10H12N3.C9H12O3S/c11-13-7-6-12(9-13)8-10-4-2-1-3-5-10;1-7-3-8(2)5-9(4-7)6-13(10,11)12/h1-7,9H,8,11H2;3-5H,6H2,1-2H3,(H,10,11,12)/q+1;/p-1. The Kier molecular flexibility index (Phi) is 6.54. The van der Waals surface area contributed by atoms with Gasteiger partial charge in [0.05, 0.1) is 15.9 Å². The van der Waals surface area contributed by atoms with Crippen LogP contribution in [0.3, 0.4) is 0 Å². The molecule has 0 unspecified atom stereocenters. The van der Waals surface area contributed by atoms with Gasteiger partial charge in [-0.1, -0.05) is 59.7 Å². The molecule has 3 aromatic rings. The molecule has 0 atom stereocenters. The Labute approximate surface area is 154 Å². The maximum Gasteiger partial charge on any atom is 0.267 e. The van der Waals surface area contributed by atoms with Crippen LogP contribution in [-0.4, -0.2) is 17.6 Å². The minimum atomic E-state index is -4.16. The van der Waals surface area contributed by atoms with Crippen molar-refractivity contribution < 1.29 is 17.5 Å². The highest BCUT2D eigenvalue weighted by atomic mass is 32.2. The predicted octanol–water partition coefficient (Wildman–Crippen LogP) is 1.89. The van der Waals surface area contributed by atoms with Crippen molar-refractivity contribution in [2.45, 2.75) is 26.1 Å². The van der Waals surface area contributed by atoms with Crippen molar-refractivity contribution in [2.24, 2.45) is 0 Å². The quantitative estimate of drug-likeness (QED) is 0.429. The number of nitrogens with zero attached hydrogens (tertiary/aromatic N) is 2. The molecule has 0 aliphatic heterocycles. The second kappa shape index (κ2) is 8.64. The Morgan fingerprint density at radius 3 is 2.15 bits per heavy atom. The molecule has 2 aromatic carbocycles. The fourth-order valence-electron chi connectivity index (χ4n) is 2.66. The van der Waals surface area contributed by atoms with Crippen molar-refractivity contribution in [3.8, 4) is 0 Å². The third-order valence-corrected chi connectivity index (χ3v) is 4.23. The summed E-state index contributed by atoms with van der Waals surface area (Å²) in [5, 5.41) is 0. The number of hydrogen-bond acceptors (Lipinski definition) is 4. The van der Waals surface area contributed by atoms with Gasteiger partial charge in [-0.25, -0.2) is 13.0 Å². The van der Waals surface area contributed by atoms with Gasteiger partial charge in [-0.15, -0.1) is 4.68 Å². The highest BCUT2D eigenvalue weighted by molar-refractivity contribution is 7.84. The molecule has 1 aromatic heterocycles. The van der Waals surface area contributed by atoms with E-state index in [0.29, 0.717) is 5.56 Å². The van der Waals surface area contributed by atoms with Crippen molar-refractivity contribution in [2.75, 3.05) is 5.84 Å². The van der Waals surface area contributed by atoms with Crippen LogP contribution in [0.5, 0.6) is 0 Å². The number of benzene rings is 2. The minimum Gasteiger partial charge on any atom is -0.748 e. The van der Waals surface area contributed by atoms with Gasteiger partial charge in [-0.2, -0.15) is 0 Å². The summed E-state index contributed by atoms with van der Waals surface area (Å²) in [6, 6.07) is 15.6. The molecule has 0 spiro atoms. The first-order valence-corrected chi connectivity index (χ1v) is 9.66. The van der Waals surface area contributed by atoms with Crippen LogP contribution in [0, 0.1) is 13.8 Å². The van der Waals surface area contributed by atoms with Crippen LogP contribution in [0.25, 0.3) is 0 Å². The second-order valence-corrected chi connectivity index (χ2v) is 7.62. The molecule has 2 N–H and O–H groups in total. The average Bonchev–Trinajstić information content (AvgIpc) is 2.91. The molecule has 0 fully saturated rings. The van der Waals surface area contributed by atoms with Crippen molar-refractivity contribution in [1.29, 1.82) is 0 Å². The number of nitrogens with two attached hydrogens (primary N) is 1. The Balaban J connectivity index is 0.000000187. The summed E-state index contributed by atoms with van der Waals surface area (Å²) in [5.74, 6) is 5.11. The lowest BCUT2D eigenvalue weighted by molar-refractivity contribution is -0.687. The lowest BCUT2D eigenvalue weighted by atomic mass is 10.1. The molecule has 0 radical (unpaired) electrons. The lowest BCUT2D eigenvalue weighted by Crippen LogP contribution is -2.32. The third kappa shape index (κ3) is 7.08. The van der Waals surface area contributed by atoms with E-state index in [9.17, 15) is 13.0 Å². The number of imidazole rings is 1. The number of aryl methyl sites for hydroxylation is 2. The van der Waals surface area contributed by atoms with E-state index in [2.05, 4.69) is 12.1 Å². The van der Waals surface area contributed by atoms with Gasteiger partial charge in [-0.3, -0.25) is 5.84 Å². The van der Waals surface area contributed by atoms with Gasteiger partial charge in [0.25, 0.3) is 6.33 Å². The van der Waals surface area contributed by atoms with E-state index in [-0.39, 0.29) is 0 Å². The number of hydrogen-bond donors (Lipinski definition) is 1. The van der Waals surface area contributed by atoms with Crippen LogP contribution >= 0.6 is 0 Å². The highest BCUT2D eigenvalue weighted by Gasteiger charge is 2.01. The summed E-state index contributed by atoms with van der Waals surface area (Å²) < 4.78 is 35.0. The molecule has 0 aliphatic carbocycles. The van der Waals surface area contributed by atoms with E-state index in [1.807, 2.05) is 61.4 Å². The molecule has 26 heavy (non-hydrogen) atoms. The predicted molar refractivity (Wildman–Crippen MR) is 99.6 cm³/mol. The Bertz CT molecular complexity index is 931. The van der Waals surface area contributed by atoms with Crippen molar-refractivity contribution in [3.05, 3.63) is 89.5 Å². The fraction of sp³-hybridized carbons (Fsp3) is 0.211. The van der Waals surface area contributed by atoms with Crippen LogP contribution in [0.2, 0.25) is 0 Å². The van der Waals surface area contributed by atoms with Gasteiger partial charge in [0, 0.05) is 0 Å². The first kappa shape index (κ1) is 19.7. The van der Waals surface area contributed by atoms with E-state index in [1.54, 1.807) is 16.8 Å². The van der Waals surface area contributed by atoms with E-state index >= 15 is 0 Å². The van der Waals surface area contributed by atoms with E-state index < -0.39 is 15.9 Å². The summed E-state index contributed by atoms with van der Waals surface area (Å²) in [6.45, 7) is 4.60.